The molecule has 1 heterocycles. The number of hydrogen-bond acceptors (Lipinski definition) is 3. The fourth-order valence-electron chi connectivity index (χ4n) is 1.70. The van der Waals surface area contributed by atoms with Crippen molar-refractivity contribution in [1.82, 2.24) is 0 Å². The van der Waals surface area contributed by atoms with Crippen LogP contribution in [0.1, 0.15) is 24.6 Å². The van der Waals surface area contributed by atoms with Crippen molar-refractivity contribution in [3.63, 3.8) is 0 Å². The molecule has 1 N–H and O–H groups in total. The number of thiophene rings is 1. The van der Waals surface area contributed by atoms with Gasteiger partial charge in [-0.2, -0.15) is 0 Å². The Labute approximate surface area is 95.9 Å². The number of hydrogen-bond donors (Lipinski definition) is 1. The van der Waals surface area contributed by atoms with E-state index in [1.165, 1.54) is 4.88 Å². The smallest absolute Gasteiger partial charge is 0.0547 e. The Balaban J connectivity index is 2.15. The zero-order valence-corrected chi connectivity index (χ0v) is 10.3. The van der Waals surface area contributed by atoms with Crippen LogP contribution in [0, 0.1) is 5.92 Å². The molecule has 0 saturated heterocycles. The third-order valence-corrected chi connectivity index (χ3v) is 3.37. The van der Waals surface area contributed by atoms with Crippen LogP contribution in [-0.2, 0) is 11.2 Å². The van der Waals surface area contributed by atoms with Crippen LogP contribution in [0.5, 0.6) is 0 Å². The summed E-state index contributed by atoms with van der Waals surface area (Å²) in [5.41, 5.74) is 0. The van der Waals surface area contributed by atoms with E-state index in [0.29, 0.717) is 5.92 Å². The van der Waals surface area contributed by atoms with Crippen LogP contribution in [0.2, 0.25) is 0 Å². The van der Waals surface area contributed by atoms with Crippen molar-refractivity contribution in [2.24, 2.45) is 5.92 Å². The molecule has 1 aromatic rings. The molecule has 0 saturated carbocycles. The van der Waals surface area contributed by atoms with Crippen LogP contribution < -0.4 is 0 Å². The van der Waals surface area contributed by atoms with Crippen molar-refractivity contribution in [2.45, 2.75) is 32.3 Å². The second-order valence-electron chi connectivity index (χ2n) is 4.07. The van der Waals surface area contributed by atoms with Crippen LogP contribution in [0.25, 0.3) is 0 Å². The molecule has 0 amide bonds. The third-order valence-electron chi connectivity index (χ3n) is 2.43. The Morgan fingerprint density at radius 2 is 2.33 bits per heavy atom. The van der Waals surface area contributed by atoms with Crippen molar-refractivity contribution in [3.8, 4) is 0 Å². The fraction of sp³-hybridized carbons (Fsp3) is 0.667. The van der Waals surface area contributed by atoms with E-state index in [4.69, 9.17) is 4.74 Å². The molecular weight excluding hydrogens is 208 g/mol. The van der Waals surface area contributed by atoms with Gasteiger partial charge in [0.05, 0.1) is 6.10 Å². The Morgan fingerprint density at radius 3 is 2.93 bits per heavy atom. The molecule has 0 bridgehead atoms. The first-order valence-corrected chi connectivity index (χ1v) is 6.29. The number of methoxy groups -OCH3 is 1. The molecule has 2 nitrogen and oxygen atoms in total. The number of aryl methyl sites for hydroxylation is 1. The zero-order valence-electron chi connectivity index (χ0n) is 9.48. The molecule has 0 radical (unpaired) electrons. The van der Waals surface area contributed by atoms with E-state index in [-0.39, 0.29) is 6.10 Å². The maximum absolute atomic E-state index is 9.79. The largest absolute Gasteiger partial charge is 0.393 e. The van der Waals surface area contributed by atoms with E-state index in [1.54, 1.807) is 18.4 Å². The summed E-state index contributed by atoms with van der Waals surface area (Å²) in [5, 5.41) is 11.9. The van der Waals surface area contributed by atoms with E-state index in [0.717, 1.165) is 25.9 Å². The summed E-state index contributed by atoms with van der Waals surface area (Å²) < 4.78 is 5.05. The van der Waals surface area contributed by atoms with E-state index in [2.05, 4.69) is 24.4 Å². The van der Waals surface area contributed by atoms with Gasteiger partial charge in [0.25, 0.3) is 0 Å². The van der Waals surface area contributed by atoms with Crippen LogP contribution in [-0.4, -0.2) is 24.9 Å². The van der Waals surface area contributed by atoms with E-state index >= 15 is 0 Å². The van der Waals surface area contributed by atoms with Gasteiger partial charge in [0.1, 0.15) is 0 Å². The third kappa shape index (κ3) is 5.30. The number of rotatable bonds is 7. The van der Waals surface area contributed by atoms with Crippen molar-refractivity contribution in [3.05, 3.63) is 22.4 Å². The lowest BCUT2D eigenvalue weighted by Gasteiger charge is -2.15. The molecule has 2 atom stereocenters. The average molecular weight is 228 g/mol. The predicted octanol–water partition coefficient (Wildman–Crippen LogP) is 2.71. The fourth-order valence-corrected chi connectivity index (χ4v) is 2.42. The first-order valence-electron chi connectivity index (χ1n) is 5.41. The molecular formula is C12H20O2S. The van der Waals surface area contributed by atoms with Gasteiger partial charge in [-0.25, -0.2) is 0 Å². The summed E-state index contributed by atoms with van der Waals surface area (Å²) in [7, 11) is 1.70. The van der Waals surface area contributed by atoms with Crippen molar-refractivity contribution in [2.75, 3.05) is 13.7 Å². The predicted molar refractivity (Wildman–Crippen MR) is 64.3 cm³/mol. The minimum atomic E-state index is -0.197. The summed E-state index contributed by atoms with van der Waals surface area (Å²) >= 11 is 1.76. The molecule has 0 aliphatic rings. The molecule has 1 rings (SSSR count). The highest BCUT2D eigenvalue weighted by Crippen LogP contribution is 2.15. The standard InChI is InChI=1S/C12H20O2S/c1-10(9-14-2)8-11(13)5-6-12-4-3-7-15-12/h3-4,7,10-11,13H,5-6,8-9H2,1-2H3. The van der Waals surface area contributed by atoms with Gasteiger partial charge < -0.3 is 9.84 Å². The van der Waals surface area contributed by atoms with Gasteiger partial charge in [-0.05, 0) is 36.6 Å². The second-order valence-corrected chi connectivity index (χ2v) is 5.10. The monoisotopic (exact) mass is 228 g/mol. The van der Waals surface area contributed by atoms with E-state index in [9.17, 15) is 5.11 Å². The van der Waals surface area contributed by atoms with Crippen LogP contribution in [0.15, 0.2) is 17.5 Å². The number of aliphatic hydroxyl groups excluding tert-OH is 1. The Hall–Kier alpha value is -0.380. The highest BCUT2D eigenvalue weighted by molar-refractivity contribution is 7.09. The highest BCUT2D eigenvalue weighted by Gasteiger charge is 2.10. The lowest BCUT2D eigenvalue weighted by Crippen LogP contribution is -2.15. The quantitative estimate of drug-likeness (QED) is 0.777. The number of aliphatic hydroxyl groups is 1. The van der Waals surface area contributed by atoms with Crippen molar-refractivity contribution in [1.29, 1.82) is 0 Å². The van der Waals surface area contributed by atoms with Crippen molar-refractivity contribution >= 4 is 11.3 Å². The first kappa shape index (κ1) is 12.7. The minimum absolute atomic E-state index is 0.197. The lowest BCUT2D eigenvalue weighted by atomic mass is 10.0. The van der Waals surface area contributed by atoms with Crippen molar-refractivity contribution < 1.29 is 9.84 Å². The average Bonchev–Trinajstić information content (AvgIpc) is 2.67. The molecule has 0 aromatic carbocycles. The molecule has 0 fully saturated rings. The maximum Gasteiger partial charge on any atom is 0.0547 e. The maximum atomic E-state index is 9.79. The van der Waals surface area contributed by atoms with Crippen LogP contribution >= 0.6 is 11.3 Å². The lowest BCUT2D eigenvalue weighted by molar-refractivity contribution is 0.0968. The molecule has 2 unspecified atom stereocenters. The second kappa shape index (κ2) is 6.99. The molecule has 0 aliphatic carbocycles. The highest BCUT2D eigenvalue weighted by atomic mass is 32.1. The van der Waals surface area contributed by atoms with Gasteiger partial charge >= 0.3 is 0 Å². The van der Waals surface area contributed by atoms with Crippen LogP contribution in [0.3, 0.4) is 0 Å². The minimum Gasteiger partial charge on any atom is -0.393 e. The summed E-state index contributed by atoms with van der Waals surface area (Å²) in [6.07, 6.45) is 2.48. The molecule has 3 heteroatoms. The van der Waals surface area contributed by atoms with Gasteiger partial charge in [0, 0.05) is 18.6 Å². The SMILES string of the molecule is COCC(C)CC(O)CCc1cccs1. The molecule has 15 heavy (non-hydrogen) atoms. The summed E-state index contributed by atoms with van der Waals surface area (Å²) in [4.78, 5) is 1.36. The number of ether oxygens (including phenoxy) is 1. The molecule has 1 aromatic heterocycles. The van der Waals surface area contributed by atoms with Gasteiger partial charge in [0.2, 0.25) is 0 Å². The van der Waals surface area contributed by atoms with Gasteiger partial charge in [-0.3, -0.25) is 0 Å². The Morgan fingerprint density at radius 1 is 1.53 bits per heavy atom. The molecule has 86 valence electrons. The summed E-state index contributed by atoms with van der Waals surface area (Å²) in [5.74, 6) is 0.438. The van der Waals surface area contributed by atoms with E-state index < -0.39 is 0 Å². The van der Waals surface area contributed by atoms with Crippen LogP contribution in [0.4, 0.5) is 0 Å². The molecule has 0 aliphatic heterocycles. The zero-order chi connectivity index (χ0) is 11.1. The van der Waals surface area contributed by atoms with Gasteiger partial charge in [-0.1, -0.05) is 13.0 Å². The Kier molecular flexibility index (Phi) is 5.91. The normalized spacial score (nSPS) is 15.1. The van der Waals surface area contributed by atoms with Gasteiger partial charge in [-0.15, -0.1) is 11.3 Å². The molecule has 0 spiro atoms. The topological polar surface area (TPSA) is 29.5 Å². The van der Waals surface area contributed by atoms with Gasteiger partial charge in [0.15, 0.2) is 0 Å². The summed E-state index contributed by atoms with van der Waals surface area (Å²) in [6.45, 7) is 2.84. The summed E-state index contributed by atoms with van der Waals surface area (Å²) in [6, 6.07) is 4.18. The first-order chi connectivity index (χ1) is 7.22. The van der Waals surface area contributed by atoms with E-state index in [1.807, 2.05) is 0 Å². The Bertz CT molecular complexity index is 246.